The van der Waals surface area contributed by atoms with Crippen LogP contribution in [0.5, 0.6) is 0 Å². The molecule has 1 N–H and O–H groups in total. The number of rotatable bonds is 4. The first kappa shape index (κ1) is 12.5. The van der Waals surface area contributed by atoms with E-state index in [-0.39, 0.29) is 0 Å². The monoisotopic (exact) mass is 311 g/mol. The molecule has 0 fully saturated rings. The highest BCUT2D eigenvalue weighted by atomic mass is 79.9. The lowest BCUT2D eigenvalue weighted by Gasteiger charge is -2.08. The molecule has 2 heterocycles. The summed E-state index contributed by atoms with van der Waals surface area (Å²) >= 11 is 5.15. The summed E-state index contributed by atoms with van der Waals surface area (Å²) in [4.78, 5) is 10.1. The molecule has 0 spiro atoms. The van der Waals surface area contributed by atoms with E-state index in [1.54, 1.807) is 11.3 Å². The van der Waals surface area contributed by atoms with Gasteiger partial charge in [0.2, 0.25) is 0 Å². The molecule has 3 nitrogen and oxygen atoms in total. The maximum absolute atomic E-state index is 4.48. The van der Waals surface area contributed by atoms with Gasteiger partial charge in [-0.3, -0.25) is 0 Å². The van der Waals surface area contributed by atoms with Gasteiger partial charge in [0.05, 0.1) is 6.54 Å². The average molecular weight is 312 g/mol. The van der Waals surface area contributed by atoms with Gasteiger partial charge in [-0.2, -0.15) is 0 Å². The van der Waals surface area contributed by atoms with E-state index in [2.05, 4.69) is 62.6 Å². The second kappa shape index (κ2) is 5.60. The molecule has 0 aromatic carbocycles. The average Bonchev–Trinajstić information content (AvgIpc) is 2.78. The van der Waals surface area contributed by atoms with Crippen molar-refractivity contribution in [1.82, 2.24) is 9.97 Å². The van der Waals surface area contributed by atoms with Gasteiger partial charge in [-0.1, -0.05) is 19.9 Å². The molecule has 17 heavy (non-hydrogen) atoms. The van der Waals surface area contributed by atoms with Crippen molar-refractivity contribution in [3.05, 3.63) is 38.9 Å². The number of hydrogen-bond acceptors (Lipinski definition) is 4. The summed E-state index contributed by atoms with van der Waals surface area (Å²) in [6.07, 6.45) is 0. The van der Waals surface area contributed by atoms with E-state index in [1.807, 2.05) is 6.07 Å². The largest absolute Gasteiger partial charge is 0.365 e. The zero-order valence-electron chi connectivity index (χ0n) is 9.77. The third kappa shape index (κ3) is 3.51. The van der Waals surface area contributed by atoms with Crippen LogP contribution in [-0.4, -0.2) is 9.97 Å². The summed E-state index contributed by atoms with van der Waals surface area (Å²) in [5.74, 6) is 2.05. The van der Waals surface area contributed by atoms with E-state index in [9.17, 15) is 0 Å². The molecule has 2 aromatic heterocycles. The summed E-state index contributed by atoms with van der Waals surface area (Å²) in [5.41, 5.74) is 0. The van der Waals surface area contributed by atoms with Crippen LogP contribution >= 0.6 is 27.3 Å². The fourth-order valence-corrected chi connectivity index (χ4v) is 2.42. The van der Waals surface area contributed by atoms with Crippen LogP contribution in [0.25, 0.3) is 0 Å². The minimum Gasteiger partial charge on any atom is -0.365 e. The first-order valence-corrected chi connectivity index (χ1v) is 7.13. The van der Waals surface area contributed by atoms with Crippen molar-refractivity contribution in [3.63, 3.8) is 0 Å². The minimum absolute atomic E-state index is 0.329. The first-order chi connectivity index (χ1) is 8.15. The van der Waals surface area contributed by atoms with Crippen LogP contribution in [0.4, 0.5) is 5.82 Å². The topological polar surface area (TPSA) is 37.8 Å². The molecule has 90 valence electrons. The minimum atomic E-state index is 0.329. The summed E-state index contributed by atoms with van der Waals surface area (Å²) < 4.78 is 0.824. The summed E-state index contributed by atoms with van der Waals surface area (Å²) in [7, 11) is 0. The Balaban J connectivity index is 2.10. The zero-order chi connectivity index (χ0) is 12.3. The van der Waals surface area contributed by atoms with Gasteiger partial charge >= 0.3 is 0 Å². The van der Waals surface area contributed by atoms with Gasteiger partial charge in [0.1, 0.15) is 16.2 Å². The molecule has 0 bridgehead atoms. The van der Waals surface area contributed by atoms with Crippen LogP contribution in [0, 0.1) is 0 Å². The third-order valence-electron chi connectivity index (χ3n) is 2.25. The molecule has 0 aliphatic carbocycles. The Labute approximate surface area is 113 Å². The van der Waals surface area contributed by atoms with Crippen molar-refractivity contribution in [3.8, 4) is 0 Å². The molecule has 0 radical (unpaired) electrons. The number of nitrogens with one attached hydrogen (secondary N) is 1. The number of hydrogen-bond donors (Lipinski definition) is 1. The molecule has 5 heteroatoms. The summed E-state index contributed by atoms with van der Waals surface area (Å²) in [5, 5.41) is 5.39. The van der Waals surface area contributed by atoms with Crippen LogP contribution in [0.3, 0.4) is 0 Å². The van der Waals surface area contributed by atoms with Gasteiger partial charge in [0, 0.05) is 16.9 Å². The van der Waals surface area contributed by atoms with Crippen LogP contribution in [0.2, 0.25) is 0 Å². The Kier molecular flexibility index (Phi) is 4.12. The lowest BCUT2D eigenvalue weighted by Crippen LogP contribution is -2.05. The molecule has 0 aliphatic heterocycles. The highest BCUT2D eigenvalue weighted by Crippen LogP contribution is 2.18. The quantitative estimate of drug-likeness (QED) is 0.866. The molecule has 0 saturated heterocycles. The van der Waals surface area contributed by atoms with E-state index < -0.39 is 0 Å². The highest BCUT2D eigenvalue weighted by Gasteiger charge is 2.06. The van der Waals surface area contributed by atoms with Crippen LogP contribution in [0.15, 0.2) is 28.2 Å². The number of halogens is 1. The second-order valence-corrected chi connectivity index (χ2v) is 5.87. The number of anilines is 1. The third-order valence-corrected chi connectivity index (χ3v) is 3.54. The normalized spacial score (nSPS) is 10.8. The molecular formula is C12H14BrN3S. The van der Waals surface area contributed by atoms with Crippen LogP contribution < -0.4 is 5.32 Å². The smallest absolute Gasteiger partial charge is 0.134 e. The lowest BCUT2D eigenvalue weighted by molar-refractivity contribution is 0.769. The van der Waals surface area contributed by atoms with Gasteiger partial charge in [-0.15, -0.1) is 11.3 Å². The molecule has 2 aromatic rings. The molecular weight excluding hydrogens is 298 g/mol. The molecule has 0 amide bonds. The number of aromatic nitrogens is 2. The lowest BCUT2D eigenvalue weighted by atomic mass is 10.2. The number of nitrogens with zero attached hydrogens (tertiary/aromatic N) is 2. The van der Waals surface area contributed by atoms with Crippen molar-refractivity contribution in [2.45, 2.75) is 26.3 Å². The Morgan fingerprint density at radius 3 is 2.88 bits per heavy atom. The Hall–Kier alpha value is -0.940. The van der Waals surface area contributed by atoms with Gasteiger partial charge in [0.25, 0.3) is 0 Å². The van der Waals surface area contributed by atoms with Gasteiger partial charge in [0.15, 0.2) is 0 Å². The standard InChI is InChI=1S/C12H14BrN3S/c1-8(2)12-15-10(13)6-11(16-12)14-7-9-4-3-5-17-9/h3-6,8H,7H2,1-2H3,(H,14,15,16). The Morgan fingerprint density at radius 2 is 2.24 bits per heavy atom. The van der Waals surface area contributed by atoms with Crippen molar-refractivity contribution >= 4 is 33.1 Å². The Morgan fingerprint density at radius 1 is 1.41 bits per heavy atom. The molecule has 0 aliphatic rings. The van der Waals surface area contributed by atoms with E-state index >= 15 is 0 Å². The van der Waals surface area contributed by atoms with E-state index in [1.165, 1.54) is 4.88 Å². The van der Waals surface area contributed by atoms with Crippen molar-refractivity contribution in [1.29, 1.82) is 0 Å². The van der Waals surface area contributed by atoms with E-state index in [0.717, 1.165) is 22.8 Å². The molecule has 0 saturated carbocycles. The van der Waals surface area contributed by atoms with Crippen LogP contribution in [0.1, 0.15) is 30.5 Å². The molecule has 0 atom stereocenters. The summed E-state index contributed by atoms with van der Waals surface area (Å²) in [6, 6.07) is 6.06. The maximum Gasteiger partial charge on any atom is 0.134 e. The van der Waals surface area contributed by atoms with Crippen molar-refractivity contribution < 1.29 is 0 Å². The van der Waals surface area contributed by atoms with Crippen molar-refractivity contribution in [2.75, 3.05) is 5.32 Å². The first-order valence-electron chi connectivity index (χ1n) is 5.46. The number of thiophene rings is 1. The zero-order valence-corrected chi connectivity index (χ0v) is 12.2. The van der Waals surface area contributed by atoms with Gasteiger partial charge in [-0.05, 0) is 27.4 Å². The van der Waals surface area contributed by atoms with Gasteiger partial charge < -0.3 is 5.32 Å². The SMILES string of the molecule is CC(C)c1nc(Br)cc(NCc2cccs2)n1. The molecule has 0 unspecified atom stereocenters. The predicted molar refractivity (Wildman–Crippen MR) is 75.5 cm³/mol. The summed E-state index contributed by atoms with van der Waals surface area (Å²) in [6.45, 7) is 4.98. The Bertz CT molecular complexity index is 483. The van der Waals surface area contributed by atoms with E-state index in [4.69, 9.17) is 0 Å². The van der Waals surface area contributed by atoms with E-state index in [0.29, 0.717) is 5.92 Å². The maximum atomic E-state index is 4.48. The highest BCUT2D eigenvalue weighted by molar-refractivity contribution is 9.10. The van der Waals surface area contributed by atoms with Crippen molar-refractivity contribution in [2.24, 2.45) is 0 Å². The second-order valence-electron chi connectivity index (χ2n) is 4.02. The van der Waals surface area contributed by atoms with Crippen LogP contribution in [-0.2, 0) is 6.54 Å². The fourth-order valence-electron chi connectivity index (χ4n) is 1.37. The molecule has 2 rings (SSSR count). The predicted octanol–water partition coefficient (Wildman–Crippen LogP) is 4.04. The fraction of sp³-hybridized carbons (Fsp3) is 0.333. The van der Waals surface area contributed by atoms with Gasteiger partial charge in [-0.25, -0.2) is 9.97 Å².